The van der Waals surface area contributed by atoms with Crippen LogP contribution in [0.3, 0.4) is 0 Å². The Kier molecular flexibility index (Phi) is 6.29. The summed E-state index contributed by atoms with van der Waals surface area (Å²) in [6.45, 7) is 14.7. The minimum absolute atomic E-state index is 0.0379. The first-order valence-corrected chi connectivity index (χ1v) is 18.4. The van der Waals surface area contributed by atoms with Gasteiger partial charge in [0.1, 0.15) is 0 Å². The van der Waals surface area contributed by atoms with Gasteiger partial charge < -0.3 is 20.1 Å². The SMILES string of the molecule is CC1C2(O)CC3CCC4CC5(C)C6CC(C)(C(=O)O)CCC6(C)CCC5(C)C5CCC1(C(Cc1ccccc1)O2)C3(CO)C45C. The Labute approximate surface area is 270 Å². The van der Waals surface area contributed by atoms with Crippen LogP contribution in [0, 0.1) is 67.5 Å². The maximum absolute atomic E-state index is 12.7. The lowest BCUT2D eigenvalue weighted by Crippen LogP contribution is -2.79. The van der Waals surface area contributed by atoms with Gasteiger partial charge in [-0.2, -0.15) is 0 Å². The first-order chi connectivity index (χ1) is 21.1. The van der Waals surface area contributed by atoms with Crippen LogP contribution in [-0.2, 0) is 16.0 Å². The summed E-state index contributed by atoms with van der Waals surface area (Å²) in [5.41, 5.74) is 0.218. The molecular weight excluding hydrogens is 560 g/mol. The molecule has 0 amide bonds. The van der Waals surface area contributed by atoms with Crippen molar-refractivity contribution in [3.63, 3.8) is 0 Å². The molecule has 1 saturated heterocycles. The zero-order valence-electron chi connectivity index (χ0n) is 28.7. The van der Waals surface area contributed by atoms with Crippen LogP contribution in [0.2, 0.25) is 0 Å². The van der Waals surface area contributed by atoms with Gasteiger partial charge in [-0.15, -0.1) is 0 Å². The van der Waals surface area contributed by atoms with Crippen LogP contribution in [0.25, 0.3) is 0 Å². The van der Waals surface area contributed by atoms with Crippen molar-refractivity contribution in [3.05, 3.63) is 35.9 Å². The fourth-order valence-electron chi connectivity index (χ4n) is 15.7. The van der Waals surface area contributed by atoms with E-state index in [4.69, 9.17) is 4.74 Å². The third kappa shape index (κ3) is 3.31. The van der Waals surface area contributed by atoms with E-state index in [2.05, 4.69) is 65.0 Å². The minimum Gasteiger partial charge on any atom is -0.481 e. The van der Waals surface area contributed by atoms with Crippen LogP contribution in [0.15, 0.2) is 30.3 Å². The molecule has 6 saturated carbocycles. The highest BCUT2D eigenvalue weighted by Crippen LogP contribution is 2.87. The Morgan fingerprint density at radius 2 is 1.53 bits per heavy atom. The Hall–Kier alpha value is -1.43. The predicted molar refractivity (Wildman–Crippen MR) is 174 cm³/mol. The van der Waals surface area contributed by atoms with E-state index in [9.17, 15) is 20.1 Å². The molecule has 7 aliphatic rings. The second kappa shape index (κ2) is 9.17. The van der Waals surface area contributed by atoms with E-state index < -0.39 is 17.2 Å². The highest BCUT2D eigenvalue weighted by atomic mass is 16.6. The lowest BCUT2D eigenvalue weighted by Gasteiger charge is -2.81. The molecule has 5 nitrogen and oxygen atoms in total. The monoisotopic (exact) mass is 618 g/mol. The van der Waals surface area contributed by atoms with Crippen LogP contribution in [0.4, 0.5) is 0 Å². The summed E-state index contributed by atoms with van der Waals surface area (Å²) >= 11 is 0. The quantitative estimate of drug-likeness (QED) is 0.320. The molecule has 3 N–H and O–H groups in total. The molecule has 1 aromatic carbocycles. The van der Waals surface area contributed by atoms with E-state index in [0.717, 1.165) is 57.8 Å². The van der Waals surface area contributed by atoms with Crippen molar-refractivity contribution in [2.45, 2.75) is 130 Å². The van der Waals surface area contributed by atoms with Gasteiger partial charge in [0.05, 0.1) is 18.1 Å². The van der Waals surface area contributed by atoms with Gasteiger partial charge in [0, 0.05) is 23.2 Å². The molecule has 5 heteroatoms. The summed E-state index contributed by atoms with van der Waals surface area (Å²) < 4.78 is 6.92. The van der Waals surface area contributed by atoms with E-state index in [1.165, 1.54) is 18.4 Å². The summed E-state index contributed by atoms with van der Waals surface area (Å²) in [6, 6.07) is 10.7. The van der Waals surface area contributed by atoms with Gasteiger partial charge >= 0.3 is 5.97 Å². The molecule has 7 fully saturated rings. The fourth-order valence-corrected chi connectivity index (χ4v) is 15.7. The Bertz CT molecular complexity index is 1400. The molecule has 45 heavy (non-hydrogen) atoms. The van der Waals surface area contributed by atoms with Crippen molar-refractivity contribution < 1.29 is 24.9 Å². The van der Waals surface area contributed by atoms with Crippen molar-refractivity contribution in [1.29, 1.82) is 0 Å². The molecule has 1 spiro atoms. The van der Waals surface area contributed by atoms with Gasteiger partial charge in [-0.1, -0.05) is 65.0 Å². The number of carbonyl (C=O) groups is 1. The fraction of sp³-hybridized carbons (Fsp3) is 0.825. The Morgan fingerprint density at radius 3 is 2.22 bits per heavy atom. The Morgan fingerprint density at radius 1 is 0.844 bits per heavy atom. The summed E-state index contributed by atoms with van der Waals surface area (Å²) in [5.74, 6) is -0.245. The van der Waals surface area contributed by atoms with Gasteiger partial charge in [-0.3, -0.25) is 4.79 Å². The molecule has 1 aromatic rings. The molecule has 1 heterocycles. The largest absolute Gasteiger partial charge is 0.481 e. The van der Waals surface area contributed by atoms with Gasteiger partial charge in [-0.25, -0.2) is 0 Å². The number of rotatable bonds is 4. The van der Waals surface area contributed by atoms with E-state index >= 15 is 0 Å². The minimum atomic E-state index is -1.14. The summed E-state index contributed by atoms with van der Waals surface area (Å²) in [4.78, 5) is 12.7. The van der Waals surface area contributed by atoms with E-state index in [0.29, 0.717) is 24.2 Å². The normalized spacial score (nSPS) is 57.8. The zero-order valence-corrected chi connectivity index (χ0v) is 28.7. The lowest BCUT2D eigenvalue weighted by atomic mass is 9.22. The molecule has 6 aliphatic carbocycles. The van der Waals surface area contributed by atoms with Crippen molar-refractivity contribution in [2.24, 2.45) is 67.5 Å². The van der Waals surface area contributed by atoms with Crippen LogP contribution >= 0.6 is 0 Å². The molecule has 0 radical (unpaired) electrons. The number of aliphatic carboxylic acids is 1. The van der Waals surface area contributed by atoms with E-state index in [-0.39, 0.29) is 57.0 Å². The van der Waals surface area contributed by atoms with E-state index in [1.54, 1.807) is 0 Å². The van der Waals surface area contributed by atoms with Gasteiger partial charge in [0.25, 0.3) is 0 Å². The van der Waals surface area contributed by atoms with Crippen molar-refractivity contribution in [2.75, 3.05) is 6.61 Å². The number of benzene rings is 1. The number of aliphatic hydroxyl groups is 2. The molecular formula is C40H58O5. The van der Waals surface area contributed by atoms with Crippen LogP contribution in [-0.4, -0.2) is 39.8 Å². The van der Waals surface area contributed by atoms with Crippen LogP contribution in [0.5, 0.6) is 0 Å². The standard InChI is InChI=1S/C40H58O5/c1-25-38-15-14-29-35(4)19-18-33(2)16-17-34(3,32(42)43)23-30(33)36(35,5)21-27-12-13-28(39(38,24-41)37(27,29)6)22-40(25,44)45-31(38)20-26-10-8-7-9-11-26/h7-11,25,27-31,41,44H,12-24H2,1-6H3,(H,42,43). The number of carboxylic acid groups (broad SMARTS) is 1. The molecule has 0 aromatic heterocycles. The van der Waals surface area contributed by atoms with Crippen molar-refractivity contribution in [1.82, 2.24) is 0 Å². The van der Waals surface area contributed by atoms with Gasteiger partial charge in [0.2, 0.25) is 0 Å². The highest BCUT2D eigenvalue weighted by molar-refractivity contribution is 5.74. The maximum atomic E-state index is 12.7. The zero-order chi connectivity index (χ0) is 32.1. The molecule has 8 rings (SSSR count). The third-order valence-corrected chi connectivity index (χ3v) is 18.2. The second-order valence-corrected chi connectivity index (χ2v) is 18.9. The third-order valence-electron chi connectivity index (χ3n) is 18.2. The van der Waals surface area contributed by atoms with E-state index in [1.807, 2.05) is 6.92 Å². The van der Waals surface area contributed by atoms with Gasteiger partial charge in [-0.05, 0) is 128 Å². The van der Waals surface area contributed by atoms with Crippen molar-refractivity contribution in [3.8, 4) is 0 Å². The molecule has 248 valence electrons. The summed E-state index contributed by atoms with van der Waals surface area (Å²) in [7, 11) is 0. The average molecular weight is 619 g/mol. The smallest absolute Gasteiger partial charge is 0.309 e. The molecule has 14 unspecified atom stereocenters. The van der Waals surface area contributed by atoms with Gasteiger partial charge in [0.15, 0.2) is 5.79 Å². The number of ether oxygens (including phenoxy) is 1. The summed E-state index contributed by atoms with van der Waals surface area (Å²) in [5, 5.41) is 34.8. The first kappa shape index (κ1) is 30.9. The number of hydrogen-bond donors (Lipinski definition) is 3. The first-order valence-electron chi connectivity index (χ1n) is 18.4. The van der Waals surface area contributed by atoms with Crippen LogP contribution in [0.1, 0.15) is 118 Å². The predicted octanol–water partition coefficient (Wildman–Crippen LogP) is 7.87. The highest BCUT2D eigenvalue weighted by Gasteiger charge is 2.85. The van der Waals surface area contributed by atoms with Crippen molar-refractivity contribution >= 4 is 5.97 Å². The maximum Gasteiger partial charge on any atom is 0.309 e. The second-order valence-electron chi connectivity index (χ2n) is 18.9. The number of fused-ring (bicyclic) bond motifs is 5. The summed E-state index contributed by atoms with van der Waals surface area (Å²) in [6.07, 6.45) is 11.6. The topological polar surface area (TPSA) is 87.0 Å². The number of hydrogen-bond acceptors (Lipinski definition) is 4. The average Bonchev–Trinajstić information content (AvgIpc) is 3.13. The molecule has 1 aliphatic heterocycles. The lowest BCUT2D eigenvalue weighted by molar-refractivity contribution is -0.355. The van der Waals surface area contributed by atoms with Crippen LogP contribution < -0.4 is 0 Å². The molecule has 14 atom stereocenters. The molecule has 2 bridgehead atoms. The number of aliphatic hydroxyl groups excluding tert-OH is 1. The number of carboxylic acids is 1. The Balaban J connectivity index is 1.28.